The molecule has 2 aromatic rings. The van der Waals surface area contributed by atoms with E-state index in [1.165, 1.54) is 23.9 Å². The number of halogens is 1. The van der Waals surface area contributed by atoms with Crippen molar-refractivity contribution in [3.63, 3.8) is 0 Å². The largest absolute Gasteiger partial charge is 0.355 e. The van der Waals surface area contributed by atoms with Crippen LogP contribution in [0.5, 0.6) is 0 Å². The Balaban J connectivity index is 2.03. The lowest BCUT2D eigenvalue weighted by Crippen LogP contribution is -2.48. The van der Waals surface area contributed by atoms with Gasteiger partial charge in [0.05, 0.1) is 10.7 Å². The van der Waals surface area contributed by atoms with Crippen molar-refractivity contribution < 1.29 is 14.5 Å². The fraction of sp³-hybridized carbons (Fsp3) is 0.333. The van der Waals surface area contributed by atoms with Crippen molar-refractivity contribution in [2.24, 2.45) is 0 Å². The third-order valence-electron chi connectivity index (χ3n) is 4.40. The Bertz CT molecular complexity index is 892. The SMILES string of the molecule is CCNC(=O)[C@H](C)N(Cc1cccc(Cl)c1)C(=O)CSCc1ccc([N+](=O)[O-])cc1. The highest BCUT2D eigenvalue weighted by Gasteiger charge is 2.25. The average Bonchev–Trinajstić information content (AvgIpc) is 2.72. The lowest BCUT2D eigenvalue weighted by atomic mass is 10.1. The minimum Gasteiger partial charge on any atom is -0.355 e. The van der Waals surface area contributed by atoms with Crippen LogP contribution in [0.25, 0.3) is 0 Å². The Morgan fingerprint density at radius 2 is 1.90 bits per heavy atom. The average molecular weight is 450 g/mol. The number of nitrogens with one attached hydrogen (secondary N) is 1. The summed E-state index contributed by atoms with van der Waals surface area (Å²) >= 11 is 7.45. The summed E-state index contributed by atoms with van der Waals surface area (Å²) in [6, 6.07) is 12.8. The van der Waals surface area contributed by atoms with Crippen LogP contribution in [-0.4, -0.2) is 40.0 Å². The molecule has 30 heavy (non-hydrogen) atoms. The Hall–Kier alpha value is -2.58. The molecule has 0 aromatic heterocycles. The normalized spacial score (nSPS) is 11.6. The van der Waals surface area contributed by atoms with Gasteiger partial charge in [-0.1, -0.05) is 35.9 Å². The van der Waals surface area contributed by atoms with Gasteiger partial charge in [-0.25, -0.2) is 0 Å². The highest BCUT2D eigenvalue weighted by atomic mass is 35.5. The minimum absolute atomic E-state index is 0.0308. The Morgan fingerprint density at radius 3 is 2.50 bits per heavy atom. The molecule has 7 nitrogen and oxygen atoms in total. The molecule has 0 radical (unpaired) electrons. The Labute approximate surface area is 184 Å². The number of nitro groups is 1. The zero-order chi connectivity index (χ0) is 22.1. The summed E-state index contributed by atoms with van der Waals surface area (Å²) in [6.07, 6.45) is 0. The van der Waals surface area contributed by atoms with E-state index in [0.29, 0.717) is 17.3 Å². The van der Waals surface area contributed by atoms with Gasteiger partial charge in [0, 0.05) is 36.0 Å². The maximum atomic E-state index is 12.9. The molecule has 160 valence electrons. The number of amides is 2. The second-order valence-electron chi connectivity index (χ2n) is 6.64. The van der Waals surface area contributed by atoms with Crippen molar-refractivity contribution in [3.05, 3.63) is 74.8 Å². The second kappa shape index (κ2) is 11.6. The van der Waals surface area contributed by atoms with Crippen molar-refractivity contribution in [3.8, 4) is 0 Å². The fourth-order valence-electron chi connectivity index (χ4n) is 2.79. The zero-order valence-electron chi connectivity index (χ0n) is 16.8. The van der Waals surface area contributed by atoms with Crippen LogP contribution < -0.4 is 5.32 Å². The number of hydrogen-bond acceptors (Lipinski definition) is 5. The van der Waals surface area contributed by atoms with Crippen LogP contribution in [-0.2, 0) is 21.9 Å². The molecule has 0 spiro atoms. The first kappa shape index (κ1) is 23.7. The second-order valence-corrected chi connectivity index (χ2v) is 8.06. The first-order valence-corrected chi connectivity index (χ1v) is 11.0. The van der Waals surface area contributed by atoms with Crippen molar-refractivity contribution in [1.29, 1.82) is 0 Å². The van der Waals surface area contributed by atoms with Crippen molar-refractivity contribution in [1.82, 2.24) is 10.2 Å². The van der Waals surface area contributed by atoms with Gasteiger partial charge in [-0.3, -0.25) is 19.7 Å². The number of rotatable bonds is 10. The number of likely N-dealkylation sites (N-methyl/N-ethyl adjacent to an activating group) is 1. The molecule has 0 aliphatic heterocycles. The third kappa shape index (κ3) is 7.03. The molecule has 9 heteroatoms. The van der Waals surface area contributed by atoms with Gasteiger partial charge in [-0.15, -0.1) is 11.8 Å². The monoisotopic (exact) mass is 449 g/mol. The molecule has 0 aliphatic carbocycles. The summed E-state index contributed by atoms with van der Waals surface area (Å²) in [5.74, 6) is 0.333. The quantitative estimate of drug-likeness (QED) is 0.436. The number of nitrogens with zero attached hydrogens (tertiary/aromatic N) is 2. The van der Waals surface area contributed by atoms with Gasteiger partial charge in [-0.05, 0) is 37.1 Å². The summed E-state index contributed by atoms with van der Waals surface area (Å²) in [5, 5.41) is 14.1. The molecule has 1 N–H and O–H groups in total. The molecule has 0 heterocycles. The topological polar surface area (TPSA) is 92.6 Å². The summed E-state index contributed by atoms with van der Waals surface area (Å²) in [5.41, 5.74) is 1.76. The number of thioether (sulfide) groups is 1. The maximum Gasteiger partial charge on any atom is 0.269 e. The van der Waals surface area contributed by atoms with Crippen LogP contribution >= 0.6 is 23.4 Å². The van der Waals surface area contributed by atoms with Gasteiger partial charge in [0.25, 0.3) is 5.69 Å². The number of hydrogen-bond donors (Lipinski definition) is 1. The number of non-ortho nitro benzene ring substituents is 1. The molecule has 0 saturated carbocycles. The van der Waals surface area contributed by atoms with Gasteiger partial charge in [0.1, 0.15) is 6.04 Å². The summed E-state index contributed by atoms with van der Waals surface area (Å²) in [6.45, 7) is 4.29. The van der Waals surface area contributed by atoms with E-state index in [4.69, 9.17) is 11.6 Å². The van der Waals surface area contributed by atoms with E-state index in [1.54, 1.807) is 42.2 Å². The van der Waals surface area contributed by atoms with Crippen molar-refractivity contribution in [2.45, 2.75) is 32.2 Å². The van der Waals surface area contributed by atoms with Crippen LogP contribution in [0, 0.1) is 10.1 Å². The molecule has 2 aromatic carbocycles. The van der Waals surface area contributed by atoms with Gasteiger partial charge in [0.2, 0.25) is 11.8 Å². The van der Waals surface area contributed by atoms with E-state index in [0.717, 1.165) is 11.1 Å². The van der Waals surface area contributed by atoms with E-state index in [9.17, 15) is 19.7 Å². The number of carbonyl (C=O) groups excluding carboxylic acids is 2. The number of nitro benzene ring substituents is 1. The van der Waals surface area contributed by atoms with Crippen molar-refractivity contribution >= 4 is 40.9 Å². The smallest absolute Gasteiger partial charge is 0.269 e. The molecule has 2 rings (SSSR count). The third-order valence-corrected chi connectivity index (χ3v) is 5.63. The predicted molar refractivity (Wildman–Crippen MR) is 119 cm³/mol. The van der Waals surface area contributed by atoms with Gasteiger partial charge < -0.3 is 10.2 Å². The fourth-order valence-corrected chi connectivity index (χ4v) is 3.87. The summed E-state index contributed by atoms with van der Waals surface area (Å²) in [7, 11) is 0. The van der Waals surface area contributed by atoms with Crippen LogP contribution in [0.1, 0.15) is 25.0 Å². The first-order valence-electron chi connectivity index (χ1n) is 9.44. The lowest BCUT2D eigenvalue weighted by Gasteiger charge is -2.28. The zero-order valence-corrected chi connectivity index (χ0v) is 18.4. The Kier molecular flexibility index (Phi) is 9.14. The highest BCUT2D eigenvalue weighted by molar-refractivity contribution is 7.99. The van der Waals surface area contributed by atoms with E-state index in [2.05, 4.69) is 5.32 Å². The minimum atomic E-state index is -0.628. The van der Waals surface area contributed by atoms with Gasteiger partial charge in [0.15, 0.2) is 0 Å². The molecular formula is C21H24ClN3O4S. The molecule has 1 atom stereocenters. The molecule has 2 amide bonds. The maximum absolute atomic E-state index is 12.9. The number of benzene rings is 2. The molecule has 0 saturated heterocycles. The van der Waals surface area contributed by atoms with E-state index in [-0.39, 0.29) is 29.8 Å². The van der Waals surface area contributed by atoms with Gasteiger partial charge >= 0.3 is 0 Å². The molecule has 0 fully saturated rings. The summed E-state index contributed by atoms with van der Waals surface area (Å²) in [4.78, 5) is 37.1. The van der Waals surface area contributed by atoms with Crippen LogP contribution in [0.4, 0.5) is 5.69 Å². The van der Waals surface area contributed by atoms with E-state index < -0.39 is 11.0 Å². The van der Waals surface area contributed by atoms with Crippen LogP contribution in [0.15, 0.2) is 48.5 Å². The Morgan fingerprint density at radius 1 is 1.20 bits per heavy atom. The predicted octanol–water partition coefficient (Wildman–Crippen LogP) is 4.03. The lowest BCUT2D eigenvalue weighted by molar-refractivity contribution is -0.384. The van der Waals surface area contributed by atoms with Crippen LogP contribution in [0.3, 0.4) is 0 Å². The molecule has 0 aliphatic rings. The van der Waals surface area contributed by atoms with E-state index in [1.807, 2.05) is 13.0 Å². The summed E-state index contributed by atoms with van der Waals surface area (Å²) < 4.78 is 0. The standard InChI is InChI=1S/C21H24ClN3O4S/c1-3-23-21(27)15(2)24(12-17-5-4-6-18(22)11-17)20(26)14-30-13-16-7-9-19(10-8-16)25(28)29/h4-11,15H,3,12-14H2,1-2H3,(H,23,27)/t15-/m0/s1. The van der Waals surface area contributed by atoms with Gasteiger partial charge in [-0.2, -0.15) is 0 Å². The van der Waals surface area contributed by atoms with Crippen molar-refractivity contribution in [2.75, 3.05) is 12.3 Å². The highest BCUT2D eigenvalue weighted by Crippen LogP contribution is 2.19. The number of carbonyl (C=O) groups is 2. The van der Waals surface area contributed by atoms with Crippen LogP contribution in [0.2, 0.25) is 5.02 Å². The van der Waals surface area contributed by atoms with E-state index >= 15 is 0 Å². The molecular weight excluding hydrogens is 426 g/mol. The first-order chi connectivity index (χ1) is 14.3. The molecule has 0 bridgehead atoms. The molecule has 0 unspecified atom stereocenters.